The van der Waals surface area contributed by atoms with Gasteiger partial charge in [-0.15, -0.1) is 11.3 Å². The van der Waals surface area contributed by atoms with Gasteiger partial charge in [-0.2, -0.15) is 0 Å². The van der Waals surface area contributed by atoms with E-state index in [1.165, 1.54) is 31.6 Å². The average Bonchev–Trinajstić information content (AvgIpc) is 3.88. The van der Waals surface area contributed by atoms with Crippen LogP contribution in [0.5, 0.6) is 0 Å². The molecule has 0 fully saturated rings. The number of hydrogen-bond donors (Lipinski definition) is 0. The highest BCUT2D eigenvalue weighted by atomic mass is 32.1. The molecular formula is C54H33N5S. The minimum atomic E-state index is 0.603. The smallest absolute Gasteiger partial charge is 0.164 e. The zero-order chi connectivity index (χ0) is 39.6. The molecule has 0 spiro atoms. The number of pyridine rings is 1. The number of rotatable bonds is 6. The Morgan fingerprint density at radius 1 is 0.333 bits per heavy atom. The van der Waals surface area contributed by atoms with E-state index in [2.05, 4.69) is 199 Å². The predicted molar refractivity (Wildman–Crippen MR) is 250 cm³/mol. The summed E-state index contributed by atoms with van der Waals surface area (Å²) < 4.78 is 3.57. The number of nitrogens with zero attached hydrogens (tertiary/aromatic N) is 5. The Labute approximate surface area is 349 Å². The summed E-state index contributed by atoms with van der Waals surface area (Å²) in [6, 6.07) is 70.2. The molecule has 0 aliphatic carbocycles. The Kier molecular flexibility index (Phi) is 7.96. The molecule has 4 heterocycles. The van der Waals surface area contributed by atoms with Gasteiger partial charge in [-0.1, -0.05) is 164 Å². The van der Waals surface area contributed by atoms with Crippen molar-refractivity contribution >= 4 is 64.2 Å². The number of hydrogen-bond acceptors (Lipinski definition) is 5. The Morgan fingerprint density at radius 2 is 0.850 bits per heavy atom. The van der Waals surface area contributed by atoms with Crippen LogP contribution in [0, 0.1) is 0 Å². The summed E-state index contributed by atoms with van der Waals surface area (Å²) in [5.41, 5.74) is 10.3. The maximum Gasteiger partial charge on any atom is 0.164 e. The van der Waals surface area contributed by atoms with Crippen LogP contribution in [0.15, 0.2) is 200 Å². The van der Waals surface area contributed by atoms with Crippen LogP contribution < -0.4 is 0 Å². The van der Waals surface area contributed by atoms with Gasteiger partial charge in [0.25, 0.3) is 0 Å². The Balaban J connectivity index is 1.01. The third-order valence-corrected chi connectivity index (χ3v) is 12.5. The molecule has 0 bridgehead atoms. The molecule has 0 radical (unpaired) electrons. The van der Waals surface area contributed by atoms with E-state index in [0.717, 1.165) is 66.0 Å². The topological polar surface area (TPSA) is 56.5 Å². The van der Waals surface area contributed by atoms with Crippen molar-refractivity contribution in [1.82, 2.24) is 24.5 Å². The van der Waals surface area contributed by atoms with Crippen molar-refractivity contribution in [2.75, 3.05) is 0 Å². The van der Waals surface area contributed by atoms with Crippen molar-refractivity contribution < 1.29 is 0 Å². The van der Waals surface area contributed by atoms with Gasteiger partial charge in [-0.25, -0.2) is 19.9 Å². The van der Waals surface area contributed by atoms with E-state index in [0.29, 0.717) is 17.5 Å². The summed E-state index contributed by atoms with van der Waals surface area (Å²) in [6.07, 6.45) is 0. The van der Waals surface area contributed by atoms with Gasteiger partial charge in [0.1, 0.15) is 4.83 Å². The van der Waals surface area contributed by atoms with Gasteiger partial charge in [0, 0.05) is 59.6 Å². The summed E-state index contributed by atoms with van der Waals surface area (Å²) in [5, 5.41) is 7.25. The Bertz CT molecular complexity index is 3550. The standard InChI is InChI=1S/C54H33N5S/c1-2-14-34(15-3-1)37-16-12-17-38(32-37)52-56-51(57-53(58-52)39-18-13-19-40(33-39)59-46-25-9-6-20-41(46)42-21-7-10-26-47(42)59)36-30-28-35(29-31-36)50-44-23-5-4-22-43(44)49-45-24-8-11-27-48(45)60-54(49)55-50/h1-33H. The predicted octanol–water partition coefficient (Wildman–Crippen LogP) is 14.2. The molecule has 0 saturated carbocycles. The van der Waals surface area contributed by atoms with Gasteiger partial charge >= 0.3 is 0 Å². The van der Waals surface area contributed by atoms with Crippen molar-refractivity contribution in [2.45, 2.75) is 0 Å². The van der Waals surface area contributed by atoms with Gasteiger partial charge in [0.15, 0.2) is 17.5 Å². The fraction of sp³-hybridized carbons (Fsp3) is 0. The van der Waals surface area contributed by atoms with Gasteiger partial charge < -0.3 is 4.57 Å². The van der Waals surface area contributed by atoms with Crippen molar-refractivity contribution in [2.24, 2.45) is 0 Å². The van der Waals surface area contributed by atoms with Crippen LogP contribution in [-0.2, 0) is 0 Å². The highest BCUT2D eigenvalue weighted by Gasteiger charge is 2.18. The molecule has 0 atom stereocenters. The first-order valence-electron chi connectivity index (χ1n) is 20.1. The van der Waals surface area contributed by atoms with Crippen LogP contribution in [0.1, 0.15) is 0 Å². The molecule has 0 aliphatic rings. The van der Waals surface area contributed by atoms with Crippen LogP contribution in [0.25, 0.3) is 115 Å². The highest BCUT2D eigenvalue weighted by molar-refractivity contribution is 7.25. The van der Waals surface area contributed by atoms with Crippen LogP contribution in [-0.4, -0.2) is 24.5 Å². The summed E-state index contributed by atoms with van der Waals surface area (Å²) >= 11 is 1.75. The summed E-state index contributed by atoms with van der Waals surface area (Å²) in [7, 11) is 0. The van der Waals surface area contributed by atoms with Gasteiger partial charge in [0.05, 0.1) is 16.7 Å². The van der Waals surface area contributed by atoms with E-state index < -0.39 is 0 Å². The third kappa shape index (κ3) is 5.69. The number of para-hydroxylation sites is 2. The minimum absolute atomic E-state index is 0.603. The maximum absolute atomic E-state index is 5.30. The Morgan fingerprint density at radius 3 is 1.57 bits per heavy atom. The number of fused-ring (bicyclic) bond motifs is 8. The molecule has 0 N–H and O–H groups in total. The molecule has 12 aromatic rings. The lowest BCUT2D eigenvalue weighted by Crippen LogP contribution is -2.01. The SMILES string of the molecule is c1ccc(-c2cccc(-c3nc(-c4ccc(-c5nc6sc7ccccc7c6c6ccccc56)cc4)nc(-c4cccc(-n5c6ccccc6c6ccccc65)c4)n3)c2)cc1. The van der Waals surface area contributed by atoms with E-state index in [9.17, 15) is 0 Å². The number of benzene rings is 8. The van der Waals surface area contributed by atoms with E-state index in [-0.39, 0.29) is 0 Å². The van der Waals surface area contributed by atoms with Crippen LogP contribution >= 0.6 is 11.3 Å². The maximum atomic E-state index is 5.30. The molecule has 0 unspecified atom stereocenters. The molecule has 5 nitrogen and oxygen atoms in total. The first kappa shape index (κ1) is 34.3. The lowest BCUT2D eigenvalue weighted by atomic mass is 10.00. The molecule has 4 aromatic heterocycles. The third-order valence-electron chi connectivity index (χ3n) is 11.5. The second-order valence-corrected chi connectivity index (χ2v) is 16.1. The van der Waals surface area contributed by atoms with Gasteiger partial charge in [0.2, 0.25) is 0 Å². The van der Waals surface area contributed by atoms with Crippen molar-refractivity contribution in [3.63, 3.8) is 0 Å². The molecule has 0 amide bonds. The van der Waals surface area contributed by atoms with Crippen molar-refractivity contribution in [1.29, 1.82) is 0 Å². The number of aromatic nitrogens is 5. The van der Waals surface area contributed by atoms with E-state index in [4.69, 9.17) is 19.9 Å². The quantitative estimate of drug-likeness (QED) is 0.169. The monoisotopic (exact) mass is 783 g/mol. The molecule has 0 saturated heterocycles. The highest BCUT2D eigenvalue weighted by Crippen LogP contribution is 2.41. The molecule has 60 heavy (non-hydrogen) atoms. The van der Waals surface area contributed by atoms with E-state index >= 15 is 0 Å². The van der Waals surface area contributed by atoms with E-state index in [1.54, 1.807) is 11.3 Å². The first-order chi connectivity index (χ1) is 29.7. The van der Waals surface area contributed by atoms with Crippen LogP contribution in [0.3, 0.4) is 0 Å². The molecule has 8 aromatic carbocycles. The average molecular weight is 784 g/mol. The molecule has 280 valence electrons. The zero-order valence-corrected chi connectivity index (χ0v) is 33.0. The second kappa shape index (κ2) is 13.9. The molecular weight excluding hydrogens is 751 g/mol. The summed E-state index contributed by atoms with van der Waals surface area (Å²) in [5.74, 6) is 1.82. The lowest BCUT2D eigenvalue weighted by molar-refractivity contribution is 1.07. The summed E-state index contributed by atoms with van der Waals surface area (Å²) in [6.45, 7) is 0. The fourth-order valence-electron chi connectivity index (χ4n) is 8.65. The molecule has 6 heteroatoms. The molecule has 0 aliphatic heterocycles. The number of thiophene rings is 1. The zero-order valence-electron chi connectivity index (χ0n) is 32.2. The van der Waals surface area contributed by atoms with Crippen molar-refractivity contribution in [3.05, 3.63) is 200 Å². The van der Waals surface area contributed by atoms with Crippen molar-refractivity contribution in [3.8, 4) is 62.2 Å². The lowest BCUT2D eigenvalue weighted by Gasteiger charge is -2.12. The van der Waals surface area contributed by atoms with Crippen LogP contribution in [0.4, 0.5) is 0 Å². The first-order valence-corrected chi connectivity index (χ1v) is 20.9. The van der Waals surface area contributed by atoms with E-state index in [1.807, 2.05) is 6.07 Å². The normalized spacial score (nSPS) is 11.7. The second-order valence-electron chi connectivity index (χ2n) is 15.0. The van der Waals surface area contributed by atoms with Gasteiger partial charge in [-0.3, -0.25) is 0 Å². The van der Waals surface area contributed by atoms with Crippen LogP contribution in [0.2, 0.25) is 0 Å². The van der Waals surface area contributed by atoms with Gasteiger partial charge in [-0.05, 0) is 52.9 Å². The largest absolute Gasteiger partial charge is 0.309 e. The summed E-state index contributed by atoms with van der Waals surface area (Å²) in [4.78, 5) is 21.9. The Hall–Kier alpha value is -7.80. The molecule has 12 rings (SSSR count). The fourth-order valence-corrected chi connectivity index (χ4v) is 9.75. The minimum Gasteiger partial charge on any atom is -0.309 e.